The van der Waals surface area contributed by atoms with Gasteiger partial charge in [-0.2, -0.15) is 0 Å². The van der Waals surface area contributed by atoms with Crippen LogP contribution in [0, 0.1) is 0 Å². The molecule has 0 aliphatic carbocycles. The van der Waals surface area contributed by atoms with Crippen LogP contribution in [0.3, 0.4) is 0 Å². The van der Waals surface area contributed by atoms with Crippen molar-refractivity contribution in [2.24, 2.45) is 0 Å². The zero-order valence-electron chi connectivity index (χ0n) is 31.5. The Bertz CT molecular complexity index is 3500. The molecule has 0 aliphatic heterocycles. The van der Waals surface area contributed by atoms with Crippen LogP contribution in [-0.4, -0.2) is 9.13 Å². The van der Waals surface area contributed by atoms with Crippen LogP contribution in [0.25, 0.3) is 120 Å². The van der Waals surface area contributed by atoms with E-state index in [1.54, 1.807) is 0 Å². The number of fused-ring (bicyclic) bond motifs is 8. The lowest BCUT2D eigenvalue weighted by molar-refractivity contribution is 1.18. The molecule has 0 aliphatic rings. The van der Waals surface area contributed by atoms with Gasteiger partial charge < -0.3 is 9.13 Å². The number of rotatable bonds is 4. The molecule has 0 spiro atoms. The van der Waals surface area contributed by atoms with Gasteiger partial charge in [0, 0.05) is 44.0 Å². The van der Waals surface area contributed by atoms with Gasteiger partial charge in [-0.3, -0.25) is 0 Å². The van der Waals surface area contributed by atoms with E-state index in [2.05, 4.69) is 215 Å². The predicted molar refractivity (Wildman–Crippen MR) is 247 cm³/mol. The third kappa shape index (κ3) is 4.21. The Morgan fingerprint density at radius 2 is 0.552 bits per heavy atom. The summed E-state index contributed by atoms with van der Waals surface area (Å²) in [5, 5.41) is 15.4. The quantitative estimate of drug-likeness (QED) is 0.126. The molecule has 58 heavy (non-hydrogen) atoms. The largest absolute Gasteiger partial charge is 0.309 e. The minimum Gasteiger partial charge on any atom is -0.309 e. The molecule has 2 heterocycles. The van der Waals surface area contributed by atoms with Crippen LogP contribution in [0.1, 0.15) is 0 Å². The highest BCUT2D eigenvalue weighted by molar-refractivity contribution is 6.36. The number of para-hydroxylation sites is 6. The molecule has 0 radical (unpaired) electrons. The molecular formula is C56H34N2. The third-order valence-electron chi connectivity index (χ3n) is 12.7. The summed E-state index contributed by atoms with van der Waals surface area (Å²) in [5.41, 5.74) is 12.2. The normalized spacial score (nSPS) is 12.1. The van der Waals surface area contributed by atoms with Gasteiger partial charge in [-0.15, -0.1) is 0 Å². The standard InChI is InChI=1S/C56H34N2/c1-3-15-35(16-4-1)57-51-29-9-7-19-39(51)49-27-13-25-47(55(49)57)37-31-33-45-46-34-32-38(42-22-12-24-44(54(42)46)43-23-11-21-41(37)53(43)45)48-26-14-28-50-40-20-8-10-30-52(40)58(56(48)50)36-17-5-2-6-18-36/h1-34H. The van der Waals surface area contributed by atoms with Crippen molar-refractivity contribution in [3.63, 3.8) is 0 Å². The van der Waals surface area contributed by atoms with Crippen LogP contribution in [-0.2, 0) is 0 Å². The van der Waals surface area contributed by atoms with Crippen molar-refractivity contribution in [1.29, 1.82) is 0 Å². The van der Waals surface area contributed by atoms with Gasteiger partial charge in [0.1, 0.15) is 0 Å². The molecule has 2 nitrogen and oxygen atoms in total. The summed E-state index contributed by atoms with van der Waals surface area (Å²) in [6.07, 6.45) is 0. The zero-order valence-corrected chi connectivity index (χ0v) is 31.5. The second kappa shape index (κ2) is 11.9. The van der Waals surface area contributed by atoms with Crippen molar-refractivity contribution in [2.75, 3.05) is 0 Å². The van der Waals surface area contributed by atoms with E-state index in [0.29, 0.717) is 0 Å². The fraction of sp³-hybridized carbons (Fsp3) is 0. The van der Waals surface area contributed by atoms with Gasteiger partial charge in [0.25, 0.3) is 0 Å². The van der Waals surface area contributed by atoms with E-state index in [0.717, 1.165) is 0 Å². The van der Waals surface area contributed by atoms with Crippen LogP contribution in [0.4, 0.5) is 0 Å². The topological polar surface area (TPSA) is 9.86 Å². The van der Waals surface area contributed by atoms with Gasteiger partial charge in [-0.1, -0.05) is 170 Å². The number of hydrogen-bond donors (Lipinski definition) is 0. The van der Waals surface area contributed by atoms with Gasteiger partial charge in [-0.05, 0) is 90.6 Å². The Morgan fingerprint density at radius 1 is 0.207 bits per heavy atom. The highest BCUT2D eigenvalue weighted by Gasteiger charge is 2.22. The molecule has 2 heteroatoms. The van der Waals surface area contributed by atoms with Crippen LogP contribution >= 0.6 is 0 Å². The summed E-state index contributed by atoms with van der Waals surface area (Å²) in [4.78, 5) is 0. The molecule has 0 N–H and O–H groups in total. The minimum atomic E-state index is 1.17. The predicted octanol–water partition coefficient (Wildman–Crippen LogP) is 15.3. The third-order valence-corrected chi connectivity index (χ3v) is 12.7. The van der Waals surface area contributed by atoms with E-state index in [1.165, 1.54) is 120 Å². The fourth-order valence-corrected chi connectivity index (χ4v) is 10.3. The van der Waals surface area contributed by atoms with Gasteiger partial charge in [-0.25, -0.2) is 0 Å². The van der Waals surface area contributed by atoms with Crippen LogP contribution in [0.5, 0.6) is 0 Å². The van der Waals surface area contributed by atoms with E-state index < -0.39 is 0 Å². The molecule has 0 atom stereocenters. The smallest absolute Gasteiger partial charge is 0.0619 e. The lowest BCUT2D eigenvalue weighted by Crippen LogP contribution is -1.96. The molecule has 0 bridgehead atoms. The second-order valence-corrected chi connectivity index (χ2v) is 15.6. The molecule has 13 rings (SSSR count). The summed E-state index contributed by atoms with van der Waals surface area (Å²) in [6.45, 7) is 0. The Kier molecular flexibility index (Phi) is 6.47. The molecule has 268 valence electrons. The zero-order chi connectivity index (χ0) is 37.9. The minimum absolute atomic E-state index is 1.17. The summed E-state index contributed by atoms with van der Waals surface area (Å²) < 4.78 is 4.90. The maximum absolute atomic E-state index is 2.45. The molecular weight excluding hydrogens is 701 g/mol. The maximum Gasteiger partial charge on any atom is 0.0619 e. The first-order valence-corrected chi connectivity index (χ1v) is 20.1. The van der Waals surface area contributed by atoms with Crippen molar-refractivity contribution < 1.29 is 0 Å². The molecule has 13 aromatic rings. The second-order valence-electron chi connectivity index (χ2n) is 15.6. The Balaban J connectivity index is 1.10. The summed E-state index contributed by atoms with van der Waals surface area (Å²) in [7, 11) is 0. The van der Waals surface area contributed by atoms with Gasteiger partial charge in [0.05, 0.1) is 22.1 Å². The summed E-state index contributed by atoms with van der Waals surface area (Å²) >= 11 is 0. The molecule has 0 saturated heterocycles. The summed E-state index contributed by atoms with van der Waals surface area (Å²) in [6, 6.07) is 76.1. The average Bonchev–Trinajstić information content (AvgIpc) is 3.82. The van der Waals surface area contributed by atoms with Crippen molar-refractivity contribution >= 4 is 86.7 Å². The molecule has 0 amide bonds. The van der Waals surface area contributed by atoms with Crippen molar-refractivity contribution in [3.8, 4) is 33.6 Å². The van der Waals surface area contributed by atoms with Crippen LogP contribution in [0.2, 0.25) is 0 Å². The highest BCUT2D eigenvalue weighted by atomic mass is 15.0. The highest BCUT2D eigenvalue weighted by Crippen LogP contribution is 2.48. The Labute approximate surface area is 334 Å². The fourth-order valence-electron chi connectivity index (χ4n) is 10.3. The lowest BCUT2D eigenvalue weighted by Gasteiger charge is -2.19. The monoisotopic (exact) mass is 734 g/mol. The average molecular weight is 735 g/mol. The first kappa shape index (κ1) is 31.5. The van der Waals surface area contributed by atoms with Gasteiger partial charge >= 0.3 is 0 Å². The lowest BCUT2D eigenvalue weighted by atomic mass is 9.85. The molecule has 0 unspecified atom stereocenters. The van der Waals surface area contributed by atoms with Crippen molar-refractivity contribution in [2.45, 2.75) is 0 Å². The number of hydrogen-bond acceptors (Lipinski definition) is 0. The number of aromatic nitrogens is 2. The SMILES string of the molecule is c1ccc(-n2c3ccccc3c3cccc(-c4ccc5c6ccc(-c7cccc8c9ccccc9n(-c9ccccc9)c78)c7cccc(c8cccc4c85)c76)c32)cc1. The first-order valence-electron chi connectivity index (χ1n) is 20.1. The molecule has 2 aromatic heterocycles. The maximum atomic E-state index is 2.45. The van der Waals surface area contributed by atoms with E-state index in [-0.39, 0.29) is 0 Å². The van der Waals surface area contributed by atoms with E-state index >= 15 is 0 Å². The Morgan fingerprint density at radius 3 is 1.02 bits per heavy atom. The van der Waals surface area contributed by atoms with Crippen molar-refractivity contribution in [3.05, 3.63) is 206 Å². The Hall–Kier alpha value is -7.68. The first-order chi connectivity index (χ1) is 28.8. The van der Waals surface area contributed by atoms with Crippen LogP contribution in [0.15, 0.2) is 206 Å². The van der Waals surface area contributed by atoms with Gasteiger partial charge in [0.2, 0.25) is 0 Å². The number of benzene rings is 11. The van der Waals surface area contributed by atoms with E-state index in [1.807, 2.05) is 0 Å². The molecule has 11 aromatic carbocycles. The van der Waals surface area contributed by atoms with Gasteiger partial charge in [0.15, 0.2) is 0 Å². The van der Waals surface area contributed by atoms with E-state index in [4.69, 9.17) is 0 Å². The van der Waals surface area contributed by atoms with Crippen molar-refractivity contribution in [1.82, 2.24) is 9.13 Å². The summed E-state index contributed by atoms with van der Waals surface area (Å²) in [5.74, 6) is 0. The molecule has 0 saturated carbocycles. The van der Waals surface area contributed by atoms with E-state index in [9.17, 15) is 0 Å². The molecule has 0 fully saturated rings. The number of nitrogens with zero attached hydrogens (tertiary/aromatic N) is 2. The van der Waals surface area contributed by atoms with Crippen LogP contribution < -0.4 is 0 Å².